The second kappa shape index (κ2) is 10.5. The Hall–Kier alpha value is -1.68. The topological polar surface area (TPSA) is 78.5 Å². The fourth-order valence-corrected chi connectivity index (χ4v) is 10.7. The third kappa shape index (κ3) is 4.99. The summed E-state index contributed by atoms with van der Waals surface area (Å²) in [7, 11) is 0. The van der Waals surface area contributed by atoms with Crippen LogP contribution in [0.15, 0.2) is 44.2 Å². The van der Waals surface area contributed by atoms with Gasteiger partial charge in [0, 0.05) is 50.2 Å². The van der Waals surface area contributed by atoms with Crippen molar-refractivity contribution in [3.63, 3.8) is 0 Å². The van der Waals surface area contributed by atoms with Gasteiger partial charge in [-0.3, -0.25) is 19.7 Å². The molecule has 4 bridgehead atoms. The molecule has 1 atom stereocenters. The molecule has 210 valence electrons. The zero-order valence-corrected chi connectivity index (χ0v) is 26.3. The lowest BCUT2D eigenvalue weighted by molar-refractivity contribution is -0.136. The summed E-state index contributed by atoms with van der Waals surface area (Å²) in [5, 5.41) is 6.40. The van der Waals surface area contributed by atoms with E-state index in [0.29, 0.717) is 24.1 Å². The van der Waals surface area contributed by atoms with Crippen LogP contribution in [-0.2, 0) is 28.4 Å². The lowest BCUT2D eigenvalue weighted by Crippen LogP contribution is -2.58. The number of thioether (sulfide) groups is 1. The minimum Gasteiger partial charge on any atom is -0.322 e. The van der Waals surface area contributed by atoms with Gasteiger partial charge in [-0.15, -0.1) is 11.8 Å². The Bertz CT molecular complexity index is 1380. The summed E-state index contributed by atoms with van der Waals surface area (Å²) in [5.41, 5.74) is 4.43. The van der Waals surface area contributed by atoms with Crippen LogP contribution in [0.4, 0.5) is 0 Å². The molecule has 2 aromatic carbocycles. The molecule has 2 N–H and O–H groups in total. The number of hydrogen-bond acceptors (Lipinski definition) is 5. The first-order chi connectivity index (χ1) is 19.3. The van der Waals surface area contributed by atoms with Crippen molar-refractivity contribution in [3.05, 3.63) is 61.5 Å². The van der Waals surface area contributed by atoms with Crippen LogP contribution in [0.3, 0.4) is 0 Å². The molecule has 2 aromatic rings. The van der Waals surface area contributed by atoms with E-state index in [0.717, 1.165) is 49.5 Å². The highest BCUT2D eigenvalue weighted by Crippen LogP contribution is 2.55. The van der Waals surface area contributed by atoms with E-state index in [1.54, 1.807) is 16.7 Å². The first-order valence-corrected chi connectivity index (χ1v) is 17.0. The van der Waals surface area contributed by atoms with Crippen LogP contribution in [-0.4, -0.2) is 34.2 Å². The Balaban J connectivity index is 1.02. The second-order valence-electron chi connectivity index (χ2n) is 12.6. The van der Waals surface area contributed by atoms with Crippen molar-refractivity contribution in [1.29, 1.82) is 0 Å². The zero-order valence-electron chi connectivity index (χ0n) is 22.3. The van der Waals surface area contributed by atoms with Crippen molar-refractivity contribution < 1.29 is 14.4 Å². The van der Waals surface area contributed by atoms with E-state index < -0.39 is 6.04 Å². The van der Waals surface area contributed by atoms with E-state index in [4.69, 9.17) is 0 Å². The Kier molecular flexibility index (Phi) is 7.16. The highest BCUT2D eigenvalue weighted by molar-refractivity contribution is 9.11. The SMILES string of the molecule is O=C1CCC(N2Cc3c(SCc4cc(Br)c(CNC56CC7CC(CC(C7)C5)C6)cc4Br)cccc3C2=O)C(=O)N1. The van der Waals surface area contributed by atoms with Crippen LogP contribution in [0.25, 0.3) is 0 Å². The van der Waals surface area contributed by atoms with Gasteiger partial charge in [-0.2, -0.15) is 0 Å². The average molecular weight is 687 g/mol. The highest BCUT2D eigenvalue weighted by Gasteiger charge is 2.50. The number of carbonyl (C=O) groups excluding carboxylic acids is 3. The molecule has 0 spiro atoms. The number of nitrogens with zero attached hydrogens (tertiary/aromatic N) is 1. The first-order valence-electron chi connectivity index (χ1n) is 14.4. The van der Waals surface area contributed by atoms with Crippen molar-refractivity contribution in [1.82, 2.24) is 15.5 Å². The van der Waals surface area contributed by atoms with Gasteiger partial charge >= 0.3 is 0 Å². The molecule has 4 aliphatic carbocycles. The normalized spacial score (nSPS) is 30.6. The lowest BCUT2D eigenvalue weighted by Gasteiger charge is -2.57. The molecule has 40 heavy (non-hydrogen) atoms. The summed E-state index contributed by atoms with van der Waals surface area (Å²) in [6.45, 7) is 1.27. The minimum atomic E-state index is -0.597. The van der Waals surface area contributed by atoms with Crippen LogP contribution in [0, 0.1) is 17.8 Å². The Morgan fingerprint density at radius 3 is 2.35 bits per heavy atom. The molecule has 0 radical (unpaired) electrons. The van der Waals surface area contributed by atoms with Crippen molar-refractivity contribution in [2.24, 2.45) is 17.8 Å². The number of halogens is 2. The summed E-state index contributed by atoms with van der Waals surface area (Å²) in [4.78, 5) is 39.9. The Morgan fingerprint density at radius 1 is 0.975 bits per heavy atom. The first kappa shape index (κ1) is 27.2. The molecule has 4 saturated carbocycles. The number of rotatable bonds is 7. The zero-order chi connectivity index (χ0) is 27.6. The fraction of sp³-hybridized carbons (Fsp3) is 0.516. The van der Waals surface area contributed by atoms with Crippen LogP contribution in [0.1, 0.15) is 78.4 Å². The number of carbonyl (C=O) groups is 3. The van der Waals surface area contributed by atoms with E-state index in [1.807, 2.05) is 12.1 Å². The quantitative estimate of drug-likeness (QED) is 0.263. The van der Waals surface area contributed by atoms with Gasteiger partial charge in [0.2, 0.25) is 11.8 Å². The second-order valence-corrected chi connectivity index (χ2v) is 15.3. The number of piperidine rings is 1. The van der Waals surface area contributed by atoms with E-state index in [2.05, 4.69) is 60.7 Å². The summed E-state index contributed by atoms with van der Waals surface area (Å²) < 4.78 is 2.22. The number of amides is 3. The highest BCUT2D eigenvalue weighted by atomic mass is 79.9. The summed E-state index contributed by atoms with van der Waals surface area (Å²) in [5.74, 6) is 2.76. The van der Waals surface area contributed by atoms with Gasteiger partial charge in [0.1, 0.15) is 6.04 Å². The molecule has 6 nitrogen and oxygen atoms in total. The number of benzene rings is 2. The van der Waals surface area contributed by atoms with E-state index >= 15 is 0 Å². The minimum absolute atomic E-state index is 0.133. The molecule has 5 fully saturated rings. The van der Waals surface area contributed by atoms with Crippen LogP contribution < -0.4 is 10.6 Å². The van der Waals surface area contributed by atoms with Crippen molar-refractivity contribution >= 4 is 61.3 Å². The van der Waals surface area contributed by atoms with Crippen molar-refractivity contribution in [3.8, 4) is 0 Å². The maximum atomic E-state index is 13.2. The largest absolute Gasteiger partial charge is 0.322 e. The lowest BCUT2D eigenvalue weighted by atomic mass is 9.53. The standard InChI is InChI=1S/C31H33Br2N3O3S/c32-24-10-21(25(33)9-20(24)14-34-31-11-17-6-18(12-31)8-19(7-17)13-31)16-40-27-3-1-2-22-23(27)15-36(30(22)39)26-4-5-28(37)35-29(26)38/h1-3,9-10,17-19,26,34H,4-8,11-16H2,(H,35,37,38). The predicted molar refractivity (Wildman–Crippen MR) is 162 cm³/mol. The monoisotopic (exact) mass is 685 g/mol. The number of imide groups is 1. The van der Waals surface area contributed by atoms with Gasteiger partial charge in [0.05, 0.1) is 0 Å². The van der Waals surface area contributed by atoms with E-state index in [1.165, 1.54) is 49.7 Å². The van der Waals surface area contributed by atoms with Gasteiger partial charge in [-0.1, -0.05) is 37.9 Å². The molecular formula is C31H33Br2N3O3S. The smallest absolute Gasteiger partial charge is 0.255 e. The van der Waals surface area contributed by atoms with Gasteiger partial charge in [0.15, 0.2) is 0 Å². The molecular weight excluding hydrogens is 654 g/mol. The molecule has 1 saturated heterocycles. The summed E-state index contributed by atoms with van der Waals surface area (Å²) in [6.07, 6.45) is 9.03. The van der Waals surface area contributed by atoms with Gasteiger partial charge in [-0.25, -0.2) is 0 Å². The number of nitrogens with one attached hydrogen (secondary N) is 2. The van der Waals surface area contributed by atoms with E-state index in [-0.39, 0.29) is 24.1 Å². The summed E-state index contributed by atoms with van der Waals surface area (Å²) >= 11 is 9.40. The maximum Gasteiger partial charge on any atom is 0.255 e. The van der Waals surface area contributed by atoms with Gasteiger partial charge in [0.25, 0.3) is 5.91 Å². The molecule has 1 unspecified atom stereocenters. The van der Waals surface area contributed by atoms with Gasteiger partial charge < -0.3 is 10.2 Å². The number of hydrogen-bond donors (Lipinski definition) is 2. The van der Waals surface area contributed by atoms with Crippen LogP contribution >= 0.6 is 43.6 Å². The number of fused-ring (bicyclic) bond motifs is 1. The van der Waals surface area contributed by atoms with Crippen LogP contribution in [0.5, 0.6) is 0 Å². The Labute approximate surface area is 256 Å². The predicted octanol–water partition coefficient (Wildman–Crippen LogP) is 6.32. The Morgan fingerprint density at radius 2 is 1.65 bits per heavy atom. The molecule has 0 aromatic heterocycles. The molecule has 2 aliphatic heterocycles. The molecule has 8 rings (SSSR count). The van der Waals surface area contributed by atoms with Crippen LogP contribution in [0.2, 0.25) is 0 Å². The summed E-state index contributed by atoms with van der Waals surface area (Å²) in [6, 6.07) is 9.68. The fourth-order valence-electron chi connectivity index (χ4n) is 8.33. The molecule has 2 heterocycles. The third-order valence-electron chi connectivity index (χ3n) is 9.83. The van der Waals surface area contributed by atoms with Gasteiger partial charge in [-0.05, 0) is 104 Å². The molecule has 9 heteroatoms. The molecule has 6 aliphatic rings. The maximum absolute atomic E-state index is 13.2. The van der Waals surface area contributed by atoms with Crippen molar-refractivity contribution in [2.45, 2.75) is 86.7 Å². The van der Waals surface area contributed by atoms with Crippen molar-refractivity contribution in [2.75, 3.05) is 0 Å². The average Bonchev–Trinajstić information content (AvgIpc) is 3.24. The third-order valence-corrected chi connectivity index (χ3v) is 12.5. The molecule has 3 amide bonds. The van der Waals surface area contributed by atoms with E-state index in [9.17, 15) is 14.4 Å².